The molecule has 4 nitrogen and oxygen atoms in total. The van der Waals surface area contributed by atoms with Crippen LogP contribution in [0.4, 0.5) is 11.5 Å². The SMILES string of the molecule is CCN(C1=NSc2c(Cl)cc(Cl)cc2N1)c1ccccn1. The molecule has 2 heterocycles. The number of nitrogens with zero attached hydrogens (tertiary/aromatic N) is 3. The maximum atomic E-state index is 6.19. The average molecular weight is 339 g/mol. The molecule has 0 saturated heterocycles. The number of nitrogens with one attached hydrogen (secondary N) is 1. The number of pyridine rings is 1. The smallest absolute Gasteiger partial charge is 0.216 e. The molecule has 0 amide bonds. The fourth-order valence-electron chi connectivity index (χ4n) is 2.03. The molecule has 0 atom stereocenters. The summed E-state index contributed by atoms with van der Waals surface area (Å²) < 4.78 is 4.49. The van der Waals surface area contributed by atoms with Crippen molar-refractivity contribution in [1.82, 2.24) is 4.98 Å². The number of hydrogen-bond donors (Lipinski definition) is 1. The molecular formula is C14H12Cl2N4S. The normalized spacial score (nSPS) is 13.2. The quantitative estimate of drug-likeness (QED) is 0.805. The Morgan fingerprint density at radius 3 is 2.86 bits per heavy atom. The van der Waals surface area contributed by atoms with Crippen molar-refractivity contribution in [3.8, 4) is 0 Å². The molecule has 0 bridgehead atoms. The third kappa shape index (κ3) is 2.95. The lowest BCUT2D eigenvalue weighted by molar-refractivity contribution is 1.01. The molecule has 1 aromatic carbocycles. The number of aromatic nitrogens is 1. The van der Waals surface area contributed by atoms with Crippen LogP contribution in [0.3, 0.4) is 0 Å². The van der Waals surface area contributed by atoms with Gasteiger partial charge in [0.05, 0.1) is 15.6 Å². The zero-order chi connectivity index (χ0) is 14.8. The van der Waals surface area contributed by atoms with Crippen molar-refractivity contribution < 1.29 is 0 Å². The Bertz CT molecular complexity index is 691. The first-order valence-electron chi connectivity index (χ1n) is 6.38. The van der Waals surface area contributed by atoms with E-state index in [0.717, 1.165) is 22.9 Å². The molecule has 1 aromatic heterocycles. The van der Waals surface area contributed by atoms with Crippen molar-refractivity contribution in [1.29, 1.82) is 0 Å². The highest BCUT2D eigenvalue weighted by Crippen LogP contribution is 2.40. The number of rotatable bonds is 2. The van der Waals surface area contributed by atoms with Gasteiger partial charge in [-0.1, -0.05) is 29.3 Å². The van der Waals surface area contributed by atoms with E-state index in [2.05, 4.69) is 14.7 Å². The van der Waals surface area contributed by atoms with Gasteiger partial charge >= 0.3 is 0 Å². The first-order valence-corrected chi connectivity index (χ1v) is 7.91. The van der Waals surface area contributed by atoms with Gasteiger partial charge in [-0.15, -0.1) is 0 Å². The first-order chi connectivity index (χ1) is 10.2. The van der Waals surface area contributed by atoms with Gasteiger partial charge in [0.25, 0.3) is 0 Å². The number of guanidine groups is 1. The fraction of sp³-hybridized carbons (Fsp3) is 0.143. The Morgan fingerprint density at radius 1 is 1.29 bits per heavy atom. The summed E-state index contributed by atoms with van der Waals surface area (Å²) in [6.45, 7) is 2.79. The molecule has 2 aromatic rings. The first kappa shape index (κ1) is 14.5. The third-order valence-corrected chi connectivity index (χ3v) is 4.49. The van der Waals surface area contributed by atoms with E-state index in [1.807, 2.05) is 36.1 Å². The summed E-state index contributed by atoms with van der Waals surface area (Å²) in [4.78, 5) is 7.23. The van der Waals surface area contributed by atoms with Crippen LogP contribution in [0, 0.1) is 0 Å². The second kappa shape index (κ2) is 6.13. The lowest BCUT2D eigenvalue weighted by atomic mass is 10.3. The highest BCUT2D eigenvalue weighted by Gasteiger charge is 2.21. The van der Waals surface area contributed by atoms with Gasteiger partial charge in [-0.05, 0) is 31.2 Å². The van der Waals surface area contributed by atoms with E-state index >= 15 is 0 Å². The zero-order valence-corrected chi connectivity index (χ0v) is 13.5. The molecule has 0 aliphatic carbocycles. The van der Waals surface area contributed by atoms with Crippen LogP contribution in [0.5, 0.6) is 0 Å². The van der Waals surface area contributed by atoms with Crippen molar-refractivity contribution in [2.45, 2.75) is 11.8 Å². The number of halogens is 2. The summed E-state index contributed by atoms with van der Waals surface area (Å²) in [6.07, 6.45) is 1.76. The van der Waals surface area contributed by atoms with Gasteiger partial charge in [0.15, 0.2) is 0 Å². The number of benzene rings is 1. The Kier molecular flexibility index (Phi) is 4.24. The van der Waals surface area contributed by atoms with Crippen molar-refractivity contribution in [3.63, 3.8) is 0 Å². The van der Waals surface area contributed by atoms with Crippen LogP contribution >= 0.6 is 35.1 Å². The molecule has 1 N–H and O–H groups in total. The lowest BCUT2D eigenvalue weighted by Crippen LogP contribution is -2.37. The highest BCUT2D eigenvalue weighted by atomic mass is 35.5. The summed E-state index contributed by atoms with van der Waals surface area (Å²) in [5.41, 5.74) is 0.858. The monoisotopic (exact) mass is 338 g/mol. The van der Waals surface area contributed by atoms with Crippen molar-refractivity contribution in [2.24, 2.45) is 4.40 Å². The molecule has 0 saturated carbocycles. The lowest BCUT2D eigenvalue weighted by Gasteiger charge is -2.27. The van der Waals surface area contributed by atoms with Gasteiger partial charge < -0.3 is 5.32 Å². The summed E-state index contributed by atoms with van der Waals surface area (Å²) in [7, 11) is 0. The van der Waals surface area contributed by atoms with Gasteiger partial charge in [-0.25, -0.2) is 4.98 Å². The Hall–Kier alpha value is -1.43. The number of fused-ring (bicyclic) bond motifs is 1. The Balaban J connectivity index is 1.93. The summed E-state index contributed by atoms with van der Waals surface area (Å²) in [5, 5.41) is 4.46. The molecule has 3 rings (SSSR count). The van der Waals surface area contributed by atoms with E-state index in [0.29, 0.717) is 16.0 Å². The topological polar surface area (TPSA) is 40.5 Å². The Labute approximate surface area is 137 Å². The van der Waals surface area contributed by atoms with Gasteiger partial charge in [0.1, 0.15) is 5.82 Å². The standard InChI is InChI=1S/C14H12Cl2N4S/c1-2-20(12-5-3-4-6-17-12)14-18-11-8-9(15)7-10(16)13(11)21-19-14/h3-8H,2H2,1H3,(H,18,19). The van der Waals surface area contributed by atoms with E-state index < -0.39 is 0 Å². The molecule has 7 heteroatoms. The summed E-state index contributed by atoms with van der Waals surface area (Å²) in [5.74, 6) is 1.55. The van der Waals surface area contributed by atoms with Crippen LogP contribution in [-0.2, 0) is 0 Å². The summed E-state index contributed by atoms with van der Waals surface area (Å²) >= 11 is 13.6. The van der Waals surface area contributed by atoms with Crippen molar-refractivity contribution in [2.75, 3.05) is 16.8 Å². The molecule has 0 spiro atoms. The van der Waals surface area contributed by atoms with E-state index in [1.54, 1.807) is 12.3 Å². The molecule has 0 radical (unpaired) electrons. The maximum absolute atomic E-state index is 6.19. The van der Waals surface area contributed by atoms with Gasteiger partial charge in [0, 0.05) is 29.7 Å². The highest BCUT2D eigenvalue weighted by molar-refractivity contribution is 7.98. The van der Waals surface area contributed by atoms with Crippen LogP contribution < -0.4 is 10.2 Å². The predicted molar refractivity (Wildman–Crippen MR) is 90.6 cm³/mol. The third-order valence-electron chi connectivity index (χ3n) is 2.98. The minimum atomic E-state index is 0.592. The van der Waals surface area contributed by atoms with Gasteiger partial charge in [-0.3, -0.25) is 4.90 Å². The molecule has 1 aliphatic heterocycles. The molecule has 1 aliphatic rings. The molecule has 0 unspecified atom stereocenters. The van der Waals surface area contributed by atoms with E-state index in [9.17, 15) is 0 Å². The van der Waals surface area contributed by atoms with E-state index in [1.165, 1.54) is 11.9 Å². The molecule has 0 fully saturated rings. The van der Waals surface area contributed by atoms with Crippen molar-refractivity contribution >= 4 is 52.6 Å². The van der Waals surface area contributed by atoms with Crippen molar-refractivity contribution in [3.05, 3.63) is 46.6 Å². The molecular weight excluding hydrogens is 327 g/mol. The summed E-state index contributed by atoms with van der Waals surface area (Å²) in [6, 6.07) is 9.34. The Morgan fingerprint density at radius 2 is 2.14 bits per heavy atom. The second-order valence-electron chi connectivity index (χ2n) is 4.33. The fourth-order valence-corrected chi connectivity index (χ4v) is 3.30. The minimum Gasteiger partial charge on any atom is -0.324 e. The van der Waals surface area contributed by atoms with E-state index in [4.69, 9.17) is 23.2 Å². The number of hydrogen-bond acceptors (Lipinski definition) is 5. The van der Waals surface area contributed by atoms with Gasteiger partial charge in [0.2, 0.25) is 5.96 Å². The molecule has 21 heavy (non-hydrogen) atoms. The second-order valence-corrected chi connectivity index (χ2v) is 5.94. The van der Waals surface area contributed by atoms with Gasteiger partial charge in [-0.2, -0.15) is 4.40 Å². The zero-order valence-electron chi connectivity index (χ0n) is 11.2. The average Bonchev–Trinajstić information content (AvgIpc) is 2.48. The van der Waals surface area contributed by atoms with E-state index in [-0.39, 0.29) is 0 Å². The van der Waals surface area contributed by atoms with Crippen LogP contribution in [0.15, 0.2) is 45.8 Å². The largest absolute Gasteiger partial charge is 0.324 e. The van der Waals surface area contributed by atoms with Crippen LogP contribution in [-0.4, -0.2) is 17.5 Å². The predicted octanol–water partition coefficient (Wildman–Crippen LogP) is 4.70. The van der Waals surface area contributed by atoms with Crippen LogP contribution in [0.2, 0.25) is 10.0 Å². The minimum absolute atomic E-state index is 0.592. The maximum Gasteiger partial charge on any atom is 0.216 e. The van der Waals surface area contributed by atoms with Crippen LogP contribution in [0.25, 0.3) is 0 Å². The molecule has 108 valence electrons. The van der Waals surface area contributed by atoms with Crippen LogP contribution in [0.1, 0.15) is 6.92 Å². The number of anilines is 2.